The van der Waals surface area contributed by atoms with Crippen LogP contribution in [0.4, 0.5) is 0 Å². The van der Waals surface area contributed by atoms with Crippen molar-refractivity contribution in [2.45, 2.75) is 6.42 Å². The third-order valence-electron chi connectivity index (χ3n) is 2.38. The van der Waals surface area contributed by atoms with Gasteiger partial charge in [0.2, 0.25) is 5.91 Å². The van der Waals surface area contributed by atoms with E-state index in [9.17, 15) is 4.79 Å². The summed E-state index contributed by atoms with van der Waals surface area (Å²) in [4.78, 5) is 11.1. The van der Waals surface area contributed by atoms with Crippen molar-refractivity contribution < 1.29 is 4.79 Å². The highest BCUT2D eigenvalue weighted by molar-refractivity contribution is 5.79. The summed E-state index contributed by atoms with van der Waals surface area (Å²) < 4.78 is 0. The molecule has 56 valence electrons. The van der Waals surface area contributed by atoms with E-state index in [0.29, 0.717) is 5.92 Å². The Labute approximate surface area is 60.2 Å². The Morgan fingerprint density at radius 2 is 2.20 bits per heavy atom. The quantitative estimate of drug-likeness (QED) is 0.469. The molecule has 2 atom stereocenters. The fourth-order valence-corrected chi connectivity index (χ4v) is 1.78. The molecular formula is C7H12N2O. The summed E-state index contributed by atoms with van der Waals surface area (Å²) in [7, 11) is 0. The van der Waals surface area contributed by atoms with Crippen LogP contribution in [0, 0.1) is 11.8 Å². The van der Waals surface area contributed by atoms with Crippen molar-refractivity contribution in [1.29, 1.82) is 0 Å². The zero-order valence-electron chi connectivity index (χ0n) is 5.89. The molecule has 1 amide bonds. The molecule has 2 rings (SSSR count). The number of nitrogens with one attached hydrogen (secondary N) is 2. The van der Waals surface area contributed by atoms with E-state index in [1.807, 2.05) is 0 Å². The Bertz CT molecular complexity index is 158. The van der Waals surface area contributed by atoms with E-state index < -0.39 is 0 Å². The number of carbonyl (C=O) groups excluding carboxylic acids is 1. The van der Waals surface area contributed by atoms with Crippen molar-refractivity contribution in [2.75, 3.05) is 19.6 Å². The van der Waals surface area contributed by atoms with Crippen LogP contribution < -0.4 is 10.6 Å². The first-order valence-corrected chi connectivity index (χ1v) is 3.84. The molecule has 0 saturated carbocycles. The number of fused-ring (bicyclic) bond motifs is 2. The van der Waals surface area contributed by atoms with E-state index in [0.717, 1.165) is 26.1 Å². The molecule has 2 bridgehead atoms. The number of hydrogen-bond acceptors (Lipinski definition) is 2. The molecule has 0 aliphatic carbocycles. The van der Waals surface area contributed by atoms with Gasteiger partial charge in [-0.25, -0.2) is 0 Å². The van der Waals surface area contributed by atoms with Crippen molar-refractivity contribution >= 4 is 5.91 Å². The maximum atomic E-state index is 11.1. The maximum absolute atomic E-state index is 11.1. The number of hydrogen-bond donors (Lipinski definition) is 2. The summed E-state index contributed by atoms with van der Waals surface area (Å²) in [6.07, 6.45) is 1.10. The van der Waals surface area contributed by atoms with Crippen LogP contribution in [-0.2, 0) is 4.79 Å². The first-order valence-electron chi connectivity index (χ1n) is 3.84. The minimum absolute atomic E-state index is 0.239. The molecule has 0 aromatic rings. The molecule has 2 saturated heterocycles. The van der Waals surface area contributed by atoms with Crippen molar-refractivity contribution in [3.05, 3.63) is 0 Å². The molecule has 2 aliphatic heterocycles. The number of rotatable bonds is 0. The van der Waals surface area contributed by atoms with Gasteiger partial charge in [0.1, 0.15) is 0 Å². The summed E-state index contributed by atoms with van der Waals surface area (Å²) in [6, 6.07) is 0. The van der Waals surface area contributed by atoms with Gasteiger partial charge in [-0.3, -0.25) is 4.79 Å². The smallest absolute Gasteiger partial charge is 0.224 e. The largest absolute Gasteiger partial charge is 0.355 e. The van der Waals surface area contributed by atoms with E-state index in [1.54, 1.807) is 0 Å². The molecule has 0 aromatic carbocycles. The van der Waals surface area contributed by atoms with E-state index in [4.69, 9.17) is 0 Å². The lowest BCUT2D eigenvalue weighted by Gasteiger charge is -2.34. The summed E-state index contributed by atoms with van der Waals surface area (Å²) >= 11 is 0. The monoisotopic (exact) mass is 140 g/mol. The minimum Gasteiger partial charge on any atom is -0.355 e. The standard InChI is InChI=1S/C7H12N2O/c10-7-6-1-5(3-9-7)2-8-4-6/h5-6,8H,1-4H2,(H,9,10)/t5-,6+/m0/s1. The molecule has 3 nitrogen and oxygen atoms in total. The molecule has 2 aliphatic rings. The first-order chi connectivity index (χ1) is 4.86. The average Bonchev–Trinajstić information content (AvgIpc) is 1.99. The van der Waals surface area contributed by atoms with Gasteiger partial charge in [-0.2, -0.15) is 0 Å². The minimum atomic E-state index is 0.239. The highest BCUT2D eigenvalue weighted by Crippen LogP contribution is 2.19. The molecule has 3 heteroatoms. The summed E-state index contributed by atoms with van der Waals surface area (Å²) in [6.45, 7) is 2.83. The molecular weight excluding hydrogens is 128 g/mol. The lowest BCUT2D eigenvalue weighted by Crippen LogP contribution is -2.52. The fourth-order valence-electron chi connectivity index (χ4n) is 1.78. The lowest BCUT2D eigenvalue weighted by molar-refractivity contribution is -0.128. The summed E-state index contributed by atoms with van der Waals surface area (Å²) in [5, 5.41) is 6.16. The molecule has 2 N–H and O–H groups in total. The third-order valence-corrected chi connectivity index (χ3v) is 2.38. The molecule has 0 aromatic heterocycles. The fraction of sp³-hybridized carbons (Fsp3) is 0.857. The van der Waals surface area contributed by atoms with E-state index in [1.165, 1.54) is 0 Å². The molecule has 0 unspecified atom stereocenters. The highest BCUT2D eigenvalue weighted by atomic mass is 16.2. The van der Waals surface area contributed by atoms with Gasteiger partial charge in [0, 0.05) is 13.1 Å². The summed E-state index contributed by atoms with van der Waals surface area (Å²) in [5.41, 5.74) is 0. The van der Waals surface area contributed by atoms with Gasteiger partial charge in [-0.05, 0) is 18.9 Å². The third kappa shape index (κ3) is 0.904. The second-order valence-electron chi connectivity index (χ2n) is 3.20. The Kier molecular flexibility index (Phi) is 1.38. The zero-order valence-corrected chi connectivity index (χ0v) is 5.89. The van der Waals surface area contributed by atoms with Crippen LogP contribution in [0.3, 0.4) is 0 Å². The van der Waals surface area contributed by atoms with Crippen molar-refractivity contribution in [3.8, 4) is 0 Å². The van der Waals surface area contributed by atoms with Crippen LogP contribution in [0.25, 0.3) is 0 Å². The lowest BCUT2D eigenvalue weighted by atomic mass is 9.86. The van der Waals surface area contributed by atoms with Crippen LogP contribution in [0.1, 0.15) is 6.42 Å². The van der Waals surface area contributed by atoms with Gasteiger partial charge in [-0.1, -0.05) is 0 Å². The van der Waals surface area contributed by atoms with Crippen LogP contribution >= 0.6 is 0 Å². The Morgan fingerprint density at radius 3 is 3.00 bits per heavy atom. The zero-order chi connectivity index (χ0) is 6.97. The van der Waals surface area contributed by atoms with Gasteiger partial charge in [0.25, 0.3) is 0 Å². The summed E-state index contributed by atoms with van der Waals surface area (Å²) in [5.74, 6) is 1.19. The normalized spacial score (nSPS) is 39.0. The van der Waals surface area contributed by atoms with Crippen molar-refractivity contribution in [3.63, 3.8) is 0 Å². The number of piperidine rings is 2. The molecule has 2 heterocycles. The van der Waals surface area contributed by atoms with Crippen molar-refractivity contribution in [2.24, 2.45) is 11.8 Å². The predicted octanol–water partition coefficient (Wildman–Crippen LogP) is -0.658. The molecule has 10 heavy (non-hydrogen) atoms. The molecule has 0 radical (unpaired) electrons. The van der Waals surface area contributed by atoms with Gasteiger partial charge in [0.15, 0.2) is 0 Å². The second kappa shape index (κ2) is 2.23. The van der Waals surface area contributed by atoms with Gasteiger partial charge >= 0.3 is 0 Å². The van der Waals surface area contributed by atoms with Gasteiger partial charge in [-0.15, -0.1) is 0 Å². The van der Waals surface area contributed by atoms with Crippen molar-refractivity contribution in [1.82, 2.24) is 10.6 Å². The van der Waals surface area contributed by atoms with Crippen LogP contribution in [-0.4, -0.2) is 25.5 Å². The predicted molar refractivity (Wildman–Crippen MR) is 37.5 cm³/mol. The van der Waals surface area contributed by atoms with Gasteiger partial charge < -0.3 is 10.6 Å². The molecule has 2 fully saturated rings. The Hall–Kier alpha value is -0.570. The molecule has 0 spiro atoms. The number of amides is 1. The van der Waals surface area contributed by atoms with Crippen LogP contribution in [0.15, 0.2) is 0 Å². The van der Waals surface area contributed by atoms with E-state index >= 15 is 0 Å². The topological polar surface area (TPSA) is 41.1 Å². The van der Waals surface area contributed by atoms with E-state index in [2.05, 4.69) is 10.6 Å². The Balaban J connectivity index is 2.07. The first kappa shape index (κ1) is 6.16. The van der Waals surface area contributed by atoms with Crippen LogP contribution in [0.2, 0.25) is 0 Å². The second-order valence-corrected chi connectivity index (χ2v) is 3.20. The van der Waals surface area contributed by atoms with Gasteiger partial charge in [0.05, 0.1) is 5.92 Å². The SMILES string of the molecule is O=C1NC[C@@H]2CNC[C@H]1C2. The van der Waals surface area contributed by atoms with E-state index in [-0.39, 0.29) is 11.8 Å². The van der Waals surface area contributed by atoms with Crippen LogP contribution in [0.5, 0.6) is 0 Å². The number of carbonyl (C=O) groups is 1. The average molecular weight is 140 g/mol. The highest BCUT2D eigenvalue weighted by Gasteiger charge is 2.31. The maximum Gasteiger partial charge on any atom is 0.224 e. The Morgan fingerprint density at radius 1 is 1.30 bits per heavy atom.